The van der Waals surface area contributed by atoms with E-state index in [0.717, 1.165) is 11.8 Å². The van der Waals surface area contributed by atoms with E-state index in [1.54, 1.807) is 38.1 Å². The average molecular weight is 475 g/mol. The zero-order valence-electron chi connectivity index (χ0n) is 17.3. The molecule has 32 heavy (non-hydrogen) atoms. The van der Waals surface area contributed by atoms with Crippen LogP contribution in [-0.2, 0) is 21.2 Å². The van der Waals surface area contributed by atoms with Crippen molar-refractivity contribution in [3.63, 3.8) is 0 Å². The molecule has 3 aromatic rings. The summed E-state index contributed by atoms with van der Waals surface area (Å²) < 4.78 is 24.1. The molecule has 0 unspecified atom stereocenters. The van der Waals surface area contributed by atoms with Gasteiger partial charge in [-0.2, -0.15) is 4.98 Å². The molecule has 0 aliphatic heterocycles. The minimum atomic E-state index is -3.83. The number of primary sulfonamides is 1. The van der Waals surface area contributed by atoms with Crippen LogP contribution >= 0.6 is 11.8 Å². The lowest BCUT2D eigenvalue weighted by molar-refractivity contribution is -0.115. The summed E-state index contributed by atoms with van der Waals surface area (Å²) in [4.78, 5) is 29.8. The third kappa shape index (κ3) is 5.18. The number of sulfonamides is 1. The molecular formula is C21H22N4O5S2. The summed E-state index contributed by atoms with van der Waals surface area (Å²) in [5.74, 6) is -0.760. The lowest BCUT2D eigenvalue weighted by Crippen LogP contribution is -2.27. The Kier molecular flexibility index (Phi) is 7.02. The maximum absolute atomic E-state index is 13.0. The molecule has 1 atom stereocenters. The van der Waals surface area contributed by atoms with Gasteiger partial charge in [-0.05, 0) is 49.7 Å². The van der Waals surface area contributed by atoms with E-state index in [-0.39, 0.29) is 21.5 Å². The quantitative estimate of drug-likeness (QED) is 0.352. The number of aromatic nitrogens is 2. The Morgan fingerprint density at radius 2 is 1.81 bits per heavy atom. The molecule has 1 heterocycles. The Morgan fingerprint density at radius 1 is 1.19 bits per heavy atom. The molecule has 1 aromatic heterocycles. The molecule has 0 saturated carbocycles. The van der Waals surface area contributed by atoms with Crippen LogP contribution in [0.2, 0.25) is 0 Å². The Morgan fingerprint density at radius 3 is 2.38 bits per heavy atom. The number of hydrogen-bond acceptors (Lipinski definition) is 7. The van der Waals surface area contributed by atoms with Crippen molar-refractivity contribution < 1.29 is 18.3 Å². The van der Waals surface area contributed by atoms with Crippen LogP contribution in [0.15, 0.2) is 69.4 Å². The van der Waals surface area contributed by atoms with Gasteiger partial charge in [0.15, 0.2) is 5.16 Å². The van der Waals surface area contributed by atoms with E-state index in [9.17, 15) is 23.1 Å². The zero-order chi connectivity index (χ0) is 23.5. The minimum Gasteiger partial charge on any atom is -0.493 e. The molecule has 0 spiro atoms. The molecule has 0 bridgehead atoms. The second kappa shape index (κ2) is 9.55. The number of para-hydroxylation sites is 1. The van der Waals surface area contributed by atoms with Crippen molar-refractivity contribution >= 4 is 33.4 Å². The van der Waals surface area contributed by atoms with Crippen molar-refractivity contribution in [3.05, 3.63) is 70.5 Å². The van der Waals surface area contributed by atoms with E-state index >= 15 is 0 Å². The van der Waals surface area contributed by atoms with Crippen molar-refractivity contribution in [2.75, 3.05) is 5.32 Å². The normalized spacial score (nSPS) is 12.3. The molecule has 0 aliphatic carbocycles. The minimum absolute atomic E-state index is 0.0690. The number of benzene rings is 2. The van der Waals surface area contributed by atoms with E-state index in [4.69, 9.17) is 5.14 Å². The number of nitrogens with one attached hydrogen (secondary N) is 1. The first-order chi connectivity index (χ1) is 15.1. The van der Waals surface area contributed by atoms with Crippen LogP contribution in [0.4, 0.5) is 5.69 Å². The van der Waals surface area contributed by atoms with Crippen molar-refractivity contribution in [1.82, 2.24) is 9.55 Å². The number of hydrogen-bond donors (Lipinski definition) is 3. The number of carbonyl (C=O) groups is 1. The summed E-state index contributed by atoms with van der Waals surface area (Å²) >= 11 is 1.01. The van der Waals surface area contributed by atoms with Crippen LogP contribution in [0, 0.1) is 0 Å². The van der Waals surface area contributed by atoms with Crippen LogP contribution < -0.4 is 16.0 Å². The summed E-state index contributed by atoms with van der Waals surface area (Å²) in [7, 11) is -3.83. The van der Waals surface area contributed by atoms with Crippen molar-refractivity contribution in [2.24, 2.45) is 5.14 Å². The number of rotatable bonds is 7. The molecule has 9 nitrogen and oxygen atoms in total. The van der Waals surface area contributed by atoms with E-state index in [2.05, 4.69) is 10.3 Å². The predicted molar refractivity (Wildman–Crippen MR) is 123 cm³/mol. The van der Waals surface area contributed by atoms with Crippen molar-refractivity contribution in [3.8, 4) is 11.6 Å². The maximum atomic E-state index is 13.0. The monoisotopic (exact) mass is 474 g/mol. The largest absolute Gasteiger partial charge is 0.493 e. The average Bonchev–Trinajstić information content (AvgIpc) is 2.74. The van der Waals surface area contributed by atoms with Crippen LogP contribution in [0.25, 0.3) is 5.69 Å². The van der Waals surface area contributed by atoms with Gasteiger partial charge in [0.1, 0.15) is 0 Å². The fraction of sp³-hybridized carbons (Fsp3) is 0.190. The maximum Gasteiger partial charge on any atom is 0.265 e. The van der Waals surface area contributed by atoms with E-state index in [0.29, 0.717) is 17.8 Å². The van der Waals surface area contributed by atoms with Gasteiger partial charge in [0.05, 0.1) is 21.4 Å². The number of aromatic hydroxyl groups is 1. The van der Waals surface area contributed by atoms with Gasteiger partial charge >= 0.3 is 0 Å². The standard InChI is InChI=1S/C21H22N4O5S2/c1-3-17-19(27)24-21(25(20(17)28)15-7-5-4-6-8-15)31-13(2)18(26)23-14-9-11-16(12-10-14)32(22,29)30/h4-13,27H,3H2,1-2H3,(H,23,26)(H2,22,29,30)/t13-/m0/s1. The fourth-order valence-corrected chi connectivity index (χ4v) is 4.33. The van der Waals surface area contributed by atoms with E-state index < -0.39 is 26.7 Å². The van der Waals surface area contributed by atoms with Crippen LogP contribution in [0.1, 0.15) is 19.4 Å². The van der Waals surface area contributed by atoms with Gasteiger partial charge in [0.25, 0.3) is 5.56 Å². The molecule has 0 aliphatic rings. The first-order valence-electron chi connectivity index (χ1n) is 9.62. The van der Waals surface area contributed by atoms with Crippen LogP contribution in [0.5, 0.6) is 5.88 Å². The Labute approximate surface area is 189 Å². The molecule has 168 valence electrons. The Balaban J connectivity index is 1.88. The second-order valence-electron chi connectivity index (χ2n) is 6.84. The number of carbonyl (C=O) groups excluding carboxylic acids is 1. The smallest absolute Gasteiger partial charge is 0.265 e. The number of anilines is 1. The van der Waals surface area contributed by atoms with Crippen LogP contribution in [0.3, 0.4) is 0 Å². The highest BCUT2D eigenvalue weighted by atomic mass is 32.2. The highest BCUT2D eigenvalue weighted by Crippen LogP contribution is 2.27. The number of amides is 1. The van der Waals surface area contributed by atoms with Crippen molar-refractivity contribution in [2.45, 2.75) is 35.6 Å². The van der Waals surface area contributed by atoms with Gasteiger partial charge in [-0.15, -0.1) is 0 Å². The Bertz CT molecular complexity index is 1290. The van der Waals surface area contributed by atoms with Gasteiger partial charge in [-0.1, -0.05) is 36.9 Å². The lowest BCUT2D eigenvalue weighted by atomic mass is 10.2. The van der Waals surface area contributed by atoms with E-state index in [1.165, 1.54) is 28.8 Å². The third-order valence-electron chi connectivity index (χ3n) is 4.59. The zero-order valence-corrected chi connectivity index (χ0v) is 19.0. The summed E-state index contributed by atoms with van der Waals surface area (Å²) in [5, 5.41) is 17.5. The highest BCUT2D eigenvalue weighted by Gasteiger charge is 2.22. The van der Waals surface area contributed by atoms with Gasteiger partial charge in [0.2, 0.25) is 21.8 Å². The van der Waals surface area contributed by atoms with Crippen LogP contribution in [-0.4, -0.2) is 34.2 Å². The highest BCUT2D eigenvalue weighted by molar-refractivity contribution is 8.00. The molecular weight excluding hydrogens is 452 g/mol. The molecule has 0 saturated heterocycles. The summed E-state index contributed by atoms with van der Waals surface area (Å²) in [6, 6.07) is 14.3. The fourth-order valence-electron chi connectivity index (χ4n) is 2.90. The molecule has 0 radical (unpaired) electrons. The first kappa shape index (κ1) is 23.5. The summed E-state index contributed by atoms with van der Waals surface area (Å²) in [6.07, 6.45) is 0.306. The molecule has 0 fully saturated rings. The molecule has 1 amide bonds. The van der Waals surface area contributed by atoms with Gasteiger partial charge in [0, 0.05) is 5.69 Å². The summed E-state index contributed by atoms with van der Waals surface area (Å²) in [5.41, 5.74) is 0.728. The number of thioether (sulfide) groups is 1. The predicted octanol–water partition coefficient (Wildman–Crippen LogP) is 2.27. The third-order valence-corrected chi connectivity index (χ3v) is 6.58. The van der Waals surface area contributed by atoms with Crippen molar-refractivity contribution in [1.29, 1.82) is 0 Å². The molecule has 3 rings (SSSR count). The molecule has 4 N–H and O–H groups in total. The Hall–Kier alpha value is -3.15. The summed E-state index contributed by atoms with van der Waals surface area (Å²) in [6.45, 7) is 3.38. The number of nitrogens with two attached hydrogens (primary N) is 1. The molecule has 11 heteroatoms. The van der Waals surface area contributed by atoms with Gasteiger partial charge in [-0.3, -0.25) is 14.2 Å². The lowest BCUT2D eigenvalue weighted by Gasteiger charge is -2.17. The molecule has 2 aromatic carbocycles. The second-order valence-corrected chi connectivity index (χ2v) is 9.71. The van der Waals surface area contributed by atoms with E-state index in [1.807, 2.05) is 6.07 Å². The first-order valence-corrected chi connectivity index (χ1v) is 12.0. The topological polar surface area (TPSA) is 144 Å². The SMILES string of the molecule is CCc1c(O)nc(S[C@@H](C)C(=O)Nc2ccc(S(N)(=O)=O)cc2)n(-c2ccccc2)c1=O. The van der Waals surface area contributed by atoms with Gasteiger partial charge in [-0.25, -0.2) is 13.6 Å². The van der Waals surface area contributed by atoms with Gasteiger partial charge < -0.3 is 10.4 Å². The number of nitrogens with zero attached hydrogens (tertiary/aromatic N) is 2.